The maximum atomic E-state index is 5.29. The predicted octanol–water partition coefficient (Wildman–Crippen LogP) is 3.59. The average Bonchev–Trinajstić information content (AvgIpc) is 3.40. The molecule has 0 aliphatic heterocycles. The molecule has 0 amide bonds. The van der Waals surface area contributed by atoms with Crippen molar-refractivity contribution in [2.45, 2.75) is 58.3 Å². The predicted molar refractivity (Wildman–Crippen MR) is 111 cm³/mol. The molecular formula is C21H32N6O. The lowest BCUT2D eigenvalue weighted by atomic mass is 10.0. The lowest BCUT2D eigenvalue weighted by Crippen LogP contribution is -2.38. The molecule has 28 heavy (non-hydrogen) atoms. The standard InChI is InChI=1S/C21H32N6O/c1-2-22-21(24-15-7-5-11-17-9-3-4-10-17)25-16-13-19-26-20(28-27-19)18-12-6-8-14-23-18/h6,8,12,14,17H,2-5,7,9-11,13,15-16H2,1H3,(H2,22,24,25). The second-order valence-corrected chi connectivity index (χ2v) is 7.31. The van der Waals surface area contributed by atoms with Crippen molar-refractivity contribution in [1.82, 2.24) is 25.8 Å². The Balaban J connectivity index is 1.37. The molecule has 1 fully saturated rings. The first-order chi connectivity index (χ1) is 13.8. The Morgan fingerprint density at radius 3 is 2.89 bits per heavy atom. The highest BCUT2D eigenvalue weighted by Gasteiger charge is 2.14. The maximum absolute atomic E-state index is 5.29. The van der Waals surface area contributed by atoms with Crippen molar-refractivity contribution in [3.63, 3.8) is 0 Å². The Kier molecular flexibility index (Phi) is 8.27. The van der Waals surface area contributed by atoms with Gasteiger partial charge in [0, 0.05) is 32.3 Å². The number of pyridine rings is 1. The van der Waals surface area contributed by atoms with Crippen molar-refractivity contribution in [1.29, 1.82) is 0 Å². The van der Waals surface area contributed by atoms with Crippen LogP contribution in [0.5, 0.6) is 0 Å². The summed E-state index contributed by atoms with van der Waals surface area (Å²) in [7, 11) is 0. The molecule has 2 heterocycles. The smallest absolute Gasteiger partial charge is 0.276 e. The van der Waals surface area contributed by atoms with E-state index in [0.29, 0.717) is 30.4 Å². The number of hydrogen-bond donors (Lipinski definition) is 2. The van der Waals surface area contributed by atoms with Gasteiger partial charge in [0.15, 0.2) is 11.8 Å². The highest BCUT2D eigenvalue weighted by atomic mass is 16.5. The fraction of sp³-hybridized carbons (Fsp3) is 0.619. The van der Waals surface area contributed by atoms with E-state index < -0.39 is 0 Å². The van der Waals surface area contributed by atoms with E-state index in [2.05, 4.69) is 37.7 Å². The van der Waals surface area contributed by atoms with Crippen LogP contribution in [-0.2, 0) is 6.42 Å². The molecule has 2 N–H and O–H groups in total. The molecule has 152 valence electrons. The first-order valence-corrected chi connectivity index (χ1v) is 10.6. The van der Waals surface area contributed by atoms with Crippen LogP contribution in [0.4, 0.5) is 0 Å². The lowest BCUT2D eigenvalue weighted by Gasteiger charge is -2.11. The minimum Gasteiger partial charge on any atom is -0.357 e. The molecule has 0 radical (unpaired) electrons. The van der Waals surface area contributed by atoms with E-state index in [0.717, 1.165) is 31.4 Å². The van der Waals surface area contributed by atoms with Crippen molar-refractivity contribution in [2.75, 3.05) is 19.6 Å². The summed E-state index contributed by atoms with van der Waals surface area (Å²) in [5, 5.41) is 10.7. The zero-order chi connectivity index (χ0) is 19.4. The van der Waals surface area contributed by atoms with Crippen LogP contribution >= 0.6 is 0 Å². The third-order valence-electron chi connectivity index (χ3n) is 5.10. The largest absolute Gasteiger partial charge is 0.357 e. The number of hydrogen-bond acceptors (Lipinski definition) is 5. The van der Waals surface area contributed by atoms with Gasteiger partial charge in [0.25, 0.3) is 5.89 Å². The summed E-state index contributed by atoms with van der Waals surface area (Å²) in [6.07, 6.45) is 11.9. The first-order valence-electron chi connectivity index (χ1n) is 10.6. The third kappa shape index (κ3) is 6.62. The van der Waals surface area contributed by atoms with Crippen molar-refractivity contribution < 1.29 is 4.52 Å². The molecule has 3 rings (SSSR count). The summed E-state index contributed by atoms with van der Waals surface area (Å²) in [5.41, 5.74) is 0.696. The summed E-state index contributed by atoms with van der Waals surface area (Å²) in [4.78, 5) is 13.3. The van der Waals surface area contributed by atoms with E-state index in [1.807, 2.05) is 18.2 Å². The fourth-order valence-corrected chi connectivity index (χ4v) is 3.62. The normalized spacial score (nSPS) is 15.1. The Hall–Kier alpha value is -2.44. The molecule has 0 bridgehead atoms. The van der Waals surface area contributed by atoms with Crippen LogP contribution in [0.2, 0.25) is 0 Å². The summed E-state index contributed by atoms with van der Waals surface area (Å²) in [6, 6.07) is 5.62. The van der Waals surface area contributed by atoms with Gasteiger partial charge in [0.1, 0.15) is 5.69 Å². The van der Waals surface area contributed by atoms with Crippen LogP contribution in [0.15, 0.2) is 33.9 Å². The van der Waals surface area contributed by atoms with Crippen LogP contribution < -0.4 is 10.6 Å². The van der Waals surface area contributed by atoms with Crippen LogP contribution in [0.3, 0.4) is 0 Å². The highest BCUT2D eigenvalue weighted by molar-refractivity contribution is 5.79. The molecule has 7 heteroatoms. The van der Waals surface area contributed by atoms with Gasteiger partial charge in [-0.05, 0) is 31.4 Å². The van der Waals surface area contributed by atoms with E-state index in [1.54, 1.807) is 6.20 Å². The molecule has 0 saturated heterocycles. The van der Waals surface area contributed by atoms with Crippen molar-refractivity contribution >= 4 is 5.96 Å². The fourth-order valence-electron chi connectivity index (χ4n) is 3.62. The van der Waals surface area contributed by atoms with Gasteiger partial charge >= 0.3 is 0 Å². The third-order valence-corrected chi connectivity index (χ3v) is 5.10. The Morgan fingerprint density at radius 1 is 1.21 bits per heavy atom. The first kappa shape index (κ1) is 20.3. The summed E-state index contributed by atoms with van der Waals surface area (Å²) in [5.74, 6) is 2.96. The van der Waals surface area contributed by atoms with Crippen molar-refractivity contribution in [3.8, 4) is 11.6 Å². The van der Waals surface area contributed by atoms with Crippen LogP contribution in [0.25, 0.3) is 11.6 Å². The van der Waals surface area contributed by atoms with Gasteiger partial charge in [-0.25, -0.2) is 0 Å². The Labute approximate surface area is 167 Å². The molecule has 0 aromatic carbocycles. The molecule has 2 aromatic heterocycles. The zero-order valence-electron chi connectivity index (χ0n) is 16.9. The van der Waals surface area contributed by atoms with E-state index in [1.165, 1.54) is 38.5 Å². The Bertz CT molecular complexity index is 709. The van der Waals surface area contributed by atoms with Gasteiger partial charge in [0.2, 0.25) is 0 Å². The minimum absolute atomic E-state index is 0.457. The van der Waals surface area contributed by atoms with Crippen LogP contribution in [0, 0.1) is 5.92 Å². The topological polar surface area (TPSA) is 88.2 Å². The van der Waals surface area contributed by atoms with Crippen LogP contribution in [0.1, 0.15) is 57.7 Å². The summed E-state index contributed by atoms with van der Waals surface area (Å²) < 4.78 is 5.29. The average molecular weight is 385 g/mol. The quantitative estimate of drug-likeness (QED) is 0.370. The minimum atomic E-state index is 0.457. The molecule has 0 spiro atoms. The maximum Gasteiger partial charge on any atom is 0.276 e. The second kappa shape index (κ2) is 11.4. The van der Waals surface area contributed by atoms with E-state index in [-0.39, 0.29) is 0 Å². The summed E-state index contributed by atoms with van der Waals surface area (Å²) in [6.45, 7) is 4.50. The van der Waals surface area contributed by atoms with Crippen molar-refractivity contribution in [2.24, 2.45) is 10.9 Å². The molecule has 2 aromatic rings. The molecule has 7 nitrogen and oxygen atoms in total. The number of unbranched alkanes of at least 4 members (excludes halogenated alkanes) is 1. The lowest BCUT2D eigenvalue weighted by molar-refractivity contribution is 0.421. The van der Waals surface area contributed by atoms with Gasteiger partial charge in [-0.3, -0.25) is 9.98 Å². The van der Waals surface area contributed by atoms with Crippen LogP contribution in [-0.4, -0.2) is 40.7 Å². The zero-order valence-corrected chi connectivity index (χ0v) is 16.9. The summed E-state index contributed by atoms with van der Waals surface area (Å²) >= 11 is 0. The highest BCUT2D eigenvalue weighted by Crippen LogP contribution is 2.28. The number of aliphatic imine (C=N–C) groups is 1. The molecular weight excluding hydrogens is 352 g/mol. The molecule has 1 saturated carbocycles. The van der Waals surface area contributed by atoms with Crippen molar-refractivity contribution in [3.05, 3.63) is 30.2 Å². The van der Waals surface area contributed by atoms with E-state index in [9.17, 15) is 0 Å². The number of rotatable bonds is 10. The van der Waals surface area contributed by atoms with Gasteiger partial charge in [-0.1, -0.05) is 49.7 Å². The molecule has 0 unspecified atom stereocenters. The number of aromatic nitrogens is 3. The molecule has 0 atom stereocenters. The van der Waals surface area contributed by atoms with E-state index in [4.69, 9.17) is 4.52 Å². The SMILES string of the molecule is CCNC(=NCCCCC1CCCC1)NCCc1noc(-c2ccccn2)n1. The monoisotopic (exact) mass is 384 g/mol. The molecule has 1 aliphatic rings. The van der Waals surface area contributed by atoms with E-state index >= 15 is 0 Å². The molecule has 1 aliphatic carbocycles. The number of guanidine groups is 1. The van der Waals surface area contributed by atoms with Gasteiger partial charge in [-0.2, -0.15) is 4.98 Å². The van der Waals surface area contributed by atoms with Gasteiger partial charge in [-0.15, -0.1) is 0 Å². The van der Waals surface area contributed by atoms with Gasteiger partial charge < -0.3 is 15.2 Å². The van der Waals surface area contributed by atoms with Gasteiger partial charge in [0.05, 0.1) is 0 Å². The number of nitrogens with one attached hydrogen (secondary N) is 2. The Morgan fingerprint density at radius 2 is 2.11 bits per heavy atom. The number of nitrogens with zero attached hydrogens (tertiary/aromatic N) is 4. The second-order valence-electron chi connectivity index (χ2n) is 7.31.